The van der Waals surface area contributed by atoms with E-state index < -0.39 is 11.9 Å². The maximum atomic E-state index is 12.7. The standard InChI is InChI=1S/C16H17F3N2O2/c1-22-14-10-11(21-6-8-23-9-7-21)2-3-12(14)13-4-5-15(20-13)16(17,18)19/h2-5,10,20H,6-9H2,1H3. The maximum Gasteiger partial charge on any atom is 0.431 e. The van der Waals surface area contributed by atoms with Gasteiger partial charge in [0.05, 0.1) is 20.3 Å². The van der Waals surface area contributed by atoms with Crippen molar-refractivity contribution < 1.29 is 22.6 Å². The number of rotatable bonds is 3. The number of nitrogens with one attached hydrogen (secondary N) is 1. The highest BCUT2D eigenvalue weighted by Crippen LogP contribution is 2.36. The van der Waals surface area contributed by atoms with Crippen LogP contribution in [0, 0.1) is 0 Å². The van der Waals surface area contributed by atoms with Crippen molar-refractivity contribution in [1.29, 1.82) is 0 Å². The molecule has 1 saturated heterocycles. The van der Waals surface area contributed by atoms with Gasteiger partial charge in [0.15, 0.2) is 0 Å². The van der Waals surface area contributed by atoms with Crippen LogP contribution in [0.25, 0.3) is 11.3 Å². The Labute approximate surface area is 131 Å². The zero-order valence-corrected chi connectivity index (χ0v) is 12.6. The van der Waals surface area contributed by atoms with Crippen molar-refractivity contribution in [3.63, 3.8) is 0 Å². The number of methoxy groups -OCH3 is 1. The van der Waals surface area contributed by atoms with Crippen LogP contribution in [0.1, 0.15) is 5.69 Å². The topological polar surface area (TPSA) is 37.5 Å². The number of hydrogen-bond donors (Lipinski definition) is 1. The number of halogens is 3. The molecule has 0 atom stereocenters. The van der Waals surface area contributed by atoms with E-state index in [4.69, 9.17) is 9.47 Å². The SMILES string of the molecule is COc1cc(N2CCOCC2)ccc1-c1ccc(C(F)(F)F)[nH]1. The summed E-state index contributed by atoms with van der Waals surface area (Å²) < 4.78 is 48.9. The molecule has 1 aliphatic heterocycles. The Bertz CT molecular complexity index is 676. The zero-order valence-electron chi connectivity index (χ0n) is 12.6. The first-order chi connectivity index (χ1) is 11.0. The van der Waals surface area contributed by atoms with Crippen molar-refractivity contribution >= 4 is 5.69 Å². The molecule has 0 saturated carbocycles. The first-order valence-corrected chi connectivity index (χ1v) is 7.26. The van der Waals surface area contributed by atoms with Gasteiger partial charge in [0.2, 0.25) is 0 Å². The minimum absolute atomic E-state index is 0.378. The molecule has 4 nitrogen and oxygen atoms in total. The average Bonchev–Trinajstić information content (AvgIpc) is 3.05. The predicted octanol–water partition coefficient (Wildman–Crippen LogP) is 3.55. The van der Waals surface area contributed by atoms with E-state index in [-0.39, 0.29) is 0 Å². The highest BCUT2D eigenvalue weighted by Gasteiger charge is 2.32. The van der Waals surface area contributed by atoms with E-state index in [2.05, 4.69) is 9.88 Å². The summed E-state index contributed by atoms with van der Waals surface area (Å²) in [5.41, 5.74) is 1.17. The summed E-state index contributed by atoms with van der Waals surface area (Å²) in [5.74, 6) is 0.532. The number of H-pyrrole nitrogens is 1. The van der Waals surface area contributed by atoms with Crippen molar-refractivity contribution in [2.75, 3.05) is 38.3 Å². The van der Waals surface area contributed by atoms with Gasteiger partial charge < -0.3 is 19.4 Å². The van der Waals surface area contributed by atoms with Gasteiger partial charge in [-0.25, -0.2) is 0 Å². The van der Waals surface area contributed by atoms with Gasteiger partial charge in [-0.05, 0) is 24.3 Å². The van der Waals surface area contributed by atoms with Crippen LogP contribution in [-0.2, 0) is 10.9 Å². The monoisotopic (exact) mass is 326 g/mol. The minimum Gasteiger partial charge on any atom is -0.496 e. The summed E-state index contributed by atoms with van der Waals surface area (Å²) in [6.45, 7) is 2.89. The lowest BCUT2D eigenvalue weighted by atomic mass is 10.1. The van der Waals surface area contributed by atoms with E-state index >= 15 is 0 Å². The Hall–Kier alpha value is -2.15. The minimum atomic E-state index is -4.39. The first-order valence-electron chi connectivity index (χ1n) is 7.26. The summed E-state index contributed by atoms with van der Waals surface area (Å²) in [6.07, 6.45) is -4.39. The molecule has 0 spiro atoms. The van der Waals surface area contributed by atoms with Crippen LogP contribution in [0.4, 0.5) is 18.9 Å². The number of nitrogens with zero attached hydrogens (tertiary/aromatic N) is 1. The number of morpholine rings is 1. The first kappa shape index (κ1) is 15.7. The molecule has 1 N–H and O–H groups in total. The second-order valence-corrected chi connectivity index (χ2v) is 5.27. The molecule has 7 heteroatoms. The Kier molecular flexibility index (Phi) is 4.21. The van der Waals surface area contributed by atoms with E-state index in [1.165, 1.54) is 13.2 Å². The lowest BCUT2D eigenvalue weighted by Gasteiger charge is -2.29. The Morgan fingerprint density at radius 1 is 1.13 bits per heavy atom. The van der Waals surface area contributed by atoms with Gasteiger partial charge in [0.25, 0.3) is 0 Å². The van der Waals surface area contributed by atoms with Crippen LogP contribution in [-0.4, -0.2) is 38.4 Å². The van der Waals surface area contributed by atoms with Crippen molar-refractivity contribution in [2.45, 2.75) is 6.18 Å². The van der Waals surface area contributed by atoms with E-state index in [0.29, 0.717) is 30.2 Å². The van der Waals surface area contributed by atoms with Crippen molar-refractivity contribution in [3.05, 3.63) is 36.0 Å². The van der Waals surface area contributed by atoms with Crippen molar-refractivity contribution in [2.24, 2.45) is 0 Å². The lowest BCUT2D eigenvalue weighted by Crippen LogP contribution is -2.36. The number of benzene rings is 1. The predicted molar refractivity (Wildman–Crippen MR) is 80.8 cm³/mol. The smallest absolute Gasteiger partial charge is 0.431 e. The third-order valence-electron chi connectivity index (χ3n) is 3.84. The van der Waals surface area contributed by atoms with Crippen LogP contribution in [0.2, 0.25) is 0 Å². The quantitative estimate of drug-likeness (QED) is 0.937. The van der Waals surface area contributed by atoms with Gasteiger partial charge in [-0.3, -0.25) is 0 Å². The Morgan fingerprint density at radius 3 is 2.48 bits per heavy atom. The molecule has 3 rings (SSSR count). The Morgan fingerprint density at radius 2 is 1.87 bits per heavy atom. The van der Waals surface area contributed by atoms with Gasteiger partial charge in [0, 0.05) is 36.1 Å². The van der Waals surface area contributed by atoms with E-state index in [0.717, 1.165) is 24.8 Å². The van der Waals surface area contributed by atoms with Crippen molar-refractivity contribution in [3.8, 4) is 17.0 Å². The molecule has 0 radical (unpaired) electrons. The highest BCUT2D eigenvalue weighted by molar-refractivity contribution is 5.72. The molecule has 0 bridgehead atoms. The summed E-state index contributed by atoms with van der Waals surface area (Å²) in [6, 6.07) is 7.95. The van der Waals surface area contributed by atoms with Gasteiger partial charge in [-0.15, -0.1) is 0 Å². The third kappa shape index (κ3) is 3.29. The van der Waals surface area contributed by atoms with Crippen molar-refractivity contribution in [1.82, 2.24) is 4.98 Å². The highest BCUT2D eigenvalue weighted by atomic mass is 19.4. The number of hydrogen-bond acceptors (Lipinski definition) is 3. The Balaban J connectivity index is 1.92. The molecule has 23 heavy (non-hydrogen) atoms. The van der Waals surface area contributed by atoms with Crippen LogP contribution in [0.15, 0.2) is 30.3 Å². The zero-order chi connectivity index (χ0) is 16.4. The molecule has 0 aliphatic carbocycles. The summed E-state index contributed by atoms with van der Waals surface area (Å²) in [7, 11) is 1.51. The van der Waals surface area contributed by atoms with Gasteiger partial charge in [-0.1, -0.05) is 0 Å². The summed E-state index contributed by atoms with van der Waals surface area (Å²) >= 11 is 0. The third-order valence-corrected chi connectivity index (χ3v) is 3.84. The molecule has 2 heterocycles. The molecule has 1 aliphatic rings. The van der Waals surface area contributed by atoms with E-state index in [9.17, 15) is 13.2 Å². The average molecular weight is 326 g/mol. The molecular weight excluding hydrogens is 309 g/mol. The van der Waals surface area contributed by atoms with Gasteiger partial charge >= 0.3 is 6.18 Å². The van der Waals surface area contributed by atoms with Gasteiger partial charge in [0.1, 0.15) is 11.4 Å². The number of ether oxygens (including phenoxy) is 2. The molecule has 1 aromatic heterocycles. The molecule has 1 fully saturated rings. The normalized spacial score (nSPS) is 15.7. The maximum absolute atomic E-state index is 12.7. The number of anilines is 1. The van der Waals surface area contributed by atoms with Crippen LogP contribution in [0.5, 0.6) is 5.75 Å². The molecule has 0 unspecified atom stereocenters. The molecular formula is C16H17F3N2O2. The molecule has 124 valence electrons. The van der Waals surface area contributed by atoms with Crippen LogP contribution < -0.4 is 9.64 Å². The number of alkyl halides is 3. The van der Waals surface area contributed by atoms with Crippen LogP contribution in [0.3, 0.4) is 0 Å². The fourth-order valence-electron chi connectivity index (χ4n) is 2.64. The second-order valence-electron chi connectivity index (χ2n) is 5.27. The fraction of sp³-hybridized carbons (Fsp3) is 0.375. The summed E-state index contributed by atoms with van der Waals surface area (Å²) in [4.78, 5) is 4.56. The number of aromatic amines is 1. The van der Waals surface area contributed by atoms with E-state index in [1.807, 2.05) is 12.1 Å². The largest absolute Gasteiger partial charge is 0.496 e. The second kappa shape index (κ2) is 6.16. The fourth-order valence-corrected chi connectivity index (χ4v) is 2.64. The van der Waals surface area contributed by atoms with Gasteiger partial charge in [-0.2, -0.15) is 13.2 Å². The summed E-state index contributed by atoms with van der Waals surface area (Å²) in [5, 5.41) is 0. The van der Waals surface area contributed by atoms with Crippen LogP contribution >= 0.6 is 0 Å². The molecule has 2 aromatic rings. The molecule has 0 amide bonds. The number of aromatic nitrogens is 1. The van der Waals surface area contributed by atoms with E-state index in [1.54, 1.807) is 6.07 Å². The lowest BCUT2D eigenvalue weighted by molar-refractivity contribution is -0.140. The molecule has 1 aromatic carbocycles.